The summed E-state index contributed by atoms with van der Waals surface area (Å²) in [6.45, 7) is 4.73. The van der Waals surface area contributed by atoms with Gasteiger partial charge in [0.2, 0.25) is 0 Å². The van der Waals surface area contributed by atoms with E-state index in [1.54, 1.807) is 0 Å². The zero-order valence-electron chi connectivity index (χ0n) is 28.7. The molecule has 1 heteroatoms. The lowest BCUT2D eigenvalue weighted by molar-refractivity contribution is 0.660. The Morgan fingerprint density at radius 2 is 0.961 bits per heavy atom. The molecule has 0 aliphatic heterocycles. The largest absolute Gasteiger partial charge is 0.264 e. The average Bonchev–Trinajstić information content (AvgIpc) is 3.42. The maximum Gasteiger partial charge on any atom is 0.0353 e. The fourth-order valence-corrected chi connectivity index (χ4v) is 8.56. The third-order valence-corrected chi connectivity index (χ3v) is 11.2. The molecule has 1 aromatic heterocycles. The molecule has 1 aliphatic rings. The van der Waals surface area contributed by atoms with E-state index in [0.717, 1.165) is 0 Å². The molecule has 10 rings (SSSR count). The van der Waals surface area contributed by atoms with Gasteiger partial charge >= 0.3 is 0 Å². The molecule has 0 fully saturated rings. The zero-order chi connectivity index (χ0) is 34.1. The van der Waals surface area contributed by atoms with Crippen molar-refractivity contribution >= 4 is 32.3 Å². The quantitative estimate of drug-likeness (QED) is 0.173. The summed E-state index contributed by atoms with van der Waals surface area (Å²) in [5.74, 6) is 0. The van der Waals surface area contributed by atoms with Crippen molar-refractivity contribution in [3.63, 3.8) is 0 Å². The average molecular weight is 650 g/mol. The van der Waals surface area contributed by atoms with Gasteiger partial charge in [-0.1, -0.05) is 153 Å². The van der Waals surface area contributed by atoms with Crippen molar-refractivity contribution in [1.82, 2.24) is 4.98 Å². The molecule has 1 aliphatic carbocycles. The van der Waals surface area contributed by atoms with E-state index in [0.29, 0.717) is 0 Å². The van der Waals surface area contributed by atoms with Crippen molar-refractivity contribution in [3.05, 3.63) is 187 Å². The molecule has 1 heterocycles. The van der Waals surface area contributed by atoms with E-state index in [-0.39, 0.29) is 5.41 Å². The van der Waals surface area contributed by atoms with Gasteiger partial charge in [-0.05, 0) is 118 Å². The Hall–Kier alpha value is -6.31. The van der Waals surface area contributed by atoms with Gasteiger partial charge in [0.15, 0.2) is 0 Å². The van der Waals surface area contributed by atoms with Crippen LogP contribution in [0.25, 0.3) is 88.0 Å². The topological polar surface area (TPSA) is 12.9 Å². The lowest BCUT2D eigenvalue weighted by Crippen LogP contribution is -2.14. The molecule has 0 saturated carbocycles. The molecule has 8 aromatic carbocycles. The molecule has 1 nitrogen and oxygen atoms in total. The highest BCUT2D eigenvalue weighted by Crippen LogP contribution is 2.51. The van der Waals surface area contributed by atoms with Crippen LogP contribution < -0.4 is 0 Å². The summed E-state index contributed by atoms with van der Waals surface area (Å²) >= 11 is 0. The van der Waals surface area contributed by atoms with Crippen LogP contribution >= 0.6 is 0 Å². The molecule has 0 spiro atoms. The van der Waals surface area contributed by atoms with Gasteiger partial charge in [-0.25, -0.2) is 0 Å². The fourth-order valence-electron chi connectivity index (χ4n) is 8.56. The van der Waals surface area contributed by atoms with Crippen molar-refractivity contribution in [1.29, 1.82) is 0 Å². The second kappa shape index (κ2) is 11.4. The van der Waals surface area contributed by atoms with Gasteiger partial charge < -0.3 is 0 Å². The number of nitrogens with zero attached hydrogens (tertiary/aromatic N) is 1. The molecule has 0 amide bonds. The Morgan fingerprint density at radius 1 is 0.373 bits per heavy atom. The van der Waals surface area contributed by atoms with Gasteiger partial charge in [0.05, 0.1) is 0 Å². The Balaban J connectivity index is 1.24. The van der Waals surface area contributed by atoms with E-state index >= 15 is 0 Å². The Morgan fingerprint density at radius 3 is 1.80 bits per heavy atom. The highest BCUT2D eigenvalue weighted by Gasteiger charge is 2.35. The number of hydrogen-bond donors (Lipinski definition) is 0. The molecule has 240 valence electrons. The summed E-state index contributed by atoms with van der Waals surface area (Å²) in [5.41, 5.74) is 15.1. The fraction of sp³-hybridized carbons (Fsp3) is 0.0600. The maximum atomic E-state index is 4.71. The second-order valence-corrected chi connectivity index (χ2v) is 14.4. The Labute approximate surface area is 298 Å². The number of aromatic nitrogens is 1. The van der Waals surface area contributed by atoms with Crippen LogP contribution in [0, 0.1) is 0 Å². The third kappa shape index (κ3) is 4.66. The molecule has 0 N–H and O–H groups in total. The maximum absolute atomic E-state index is 4.71. The first kappa shape index (κ1) is 29.6. The summed E-state index contributed by atoms with van der Waals surface area (Å²) in [4.78, 5) is 4.71. The molecule has 0 atom stereocenters. The van der Waals surface area contributed by atoms with Gasteiger partial charge in [0.1, 0.15) is 0 Å². The van der Waals surface area contributed by atoms with Crippen LogP contribution in [0.1, 0.15) is 25.0 Å². The molecule has 0 unspecified atom stereocenters. The van der Waals surface area contributed by atoms with Gasteiger partial charge in [-0.15, -0.1) is 0 Å². The third-order valence-electron chi connectivity index (χ3n) is 11.2. The first-order valence-corrected chi connectivity index (χ1v) is 17.8. The van der Waals surface area contributed by atoms with Crippen LogP contribution in [0.15, 0.2) is 176 Å². The molecule has 0 saturated heterocycles. The number of benzene rings is 8. The van der Waals surface area contributed by atoms with E-state index < -0.39 is 0 Å². The highest BCUT2D eigenvalue weighted by atomic mass is 14.6. The van der Waals surface area contributed by atoms with E-state index in [4.69, 9.17) is 4.98 Å². The summed E-state index contributed by atoms with van der Waals surface area (Å²) in [6.07, 6.45) is 4.01. The molecular weight excluding hydrogens is 615 g/mol. The van der Waals surface area contributed by atoms with Gasteiger partial charge in [0.25, 0.3) is 0 Å². The van der Waals surface area contributed by atoms with Gasteiger partial charge in [0, 0.05) is 23.2 Å². The minimum Gasteiger partial charge on any atom is -0.264 e. The lowest BCUT2D eigenvalue weighted by Gasteiger charge is -2.23. The van der Waals surface area contributed by atoms with Crippen molar-refractivity contribution in [2.24, 2.45) is 0 Å². The van der Waals surface area contributed by atoms with Crippen LogP contribution in [0.4, 0.5) is 0 Å². The van der Waals surface area contributed by atoms with Crippen LogP contribution in [-0.4, -0.2) is 4.98 Å². The van der Waals surface area contributed by atoms with E-state index in [1.807, 2.05) is 6.20 Å². The van der Waals surface area contributed by atoms with E-state index in [9.17, 15) is 0 Å². The second-order valence-electron chi connectivity index (χ2n) is 14.4. The van der Waals surface area contributed by atoms with Gasteiger partial charge in [-0.3, -0.25) is 4.98 Å². The Bertz CT molecular complexity index is 2810. The normalized spacial score (nSPS) is 13.1. The summed E-state index contributed by atoms with van der Waals surface area (Å²) in [6, 6.07) is 60.3. The van der Waals surface area contributed by atoms with Crippen molar-refractivity contribution in [2.75, 3.05) is 0 Å². The minimum absolute atomic E-state index is 0.0915. The minimum atomic E-state index is -0.0915. The molecule has 0 bridgehead atoms. The number of fused-ring (bicyclic) bond motifs is 6. The summed E-state index contributed by atoms with van der Waals surface area (Å²) in [5, 5.41) is 7.33. The van der Waals surface area contributed by atoms with Gasteiger partial charge in [-0.2, -0.15) is 0 Å². The van der Waals surface area contributed by atoms with Crippen molar-refractivity contribution in [2.45, 2.75) is 19.3 Å². The monoisotopic (exact) mass is 649 g/mol. The number of hydrogen-bond acceptors (Lipinski definition) is 1. The predicted molar refractivity (Wildman–Crippen MR) is 216 cm³/mol. The summed E-state index contributed by atoms with van der Waals surface area (Å²) in [7, 11) is 0. The number of rotatable bonds is 4. The first-order valence-electron chi connectivity index (χ1n) is 17.8. The smallest absolute Gasteiger partial charge is 0.0353 e. The van der Waals surface area contributed by atoms with Crippen LogP contribution in [-0.2, 0) is 5.41 Å². The SMILES string of the molecule is CC1(C)c2ccccc2-c2ccc(-c3c4ccncc4c(-c4ccc5ccccc5c4)c4ccc(-c5ccc(-c6ccccc6)cc5)cc34)cc21. The number of pyridine rings is 1. The first-order chi connectivity index (χ1) is 25.0. The van der Waals surface area contributed by atoms with Crippen molar-refractivity contribution in [3.8, 4) is 55.6 Å². The summed E-state index contributed by atoms with van der Waals surface area (Å²) < 4.78 is 0. The van der Waals surface area contributed by atoms with E-state index in [1.165, 1.54) is 99.1 Å². The van der Waals surface area contributed by atoms with Crippen LogP contribution in [0.3, 0.4) is 0 Å². The highest BCUT2D eigenvalue weighted by molar-refractivity contribution is 6.22. The van der Waals surface area contributed by atoms with Crippen LogP contribution in [0.5, 0.6) is 0 Å². The van der Waals surface area contributed by atoms with Crippen LogP contribution in [0.2, 0.25) is 0 Å². The van der Waals surface area contributed by atoms with E-state index in [2.05, 4.69) is 184 Å². The lowest BCUT2D eigenvalue weighted by atomic mass is 9.80. The standard InChI is InChI=1S/C50H35N/c1-50(2)46-15-9-8-14-40(46)41-24-23-39(30-47(41)50)48-43-26-27-51-31-45(43)49(38-21-20-33-12-6-7-13-36(33)28-38)42-25-22-37(29-44(42)48)35-18-16-34(17-19-35)32-10-4-3-5-11-32/h3-31H,1-2H3. The molecular formula is C50H35N. The Kier molecular flexibility index (Phi) is 6.60. The predicted octanol–water partition coefficient (Wildman–Crippen LogP) is 13.5. The molecule has 51 heavy (non-hydrogen) atoms. The van der Waals surface area contributed by atoms with Crippen molar-refractivity contribution < 1.29 is 0 Å². The molecule has 0 radical (unpaired) electrons. The molecule has 9 aromatic rings. The zero-order valence-corrected chi connectivity index (χ0v) is 28.7.